The molecule has 1 aromatic carbocycles. The fourth-order valence-corrected chi connectivity index (χ4v) is 1.77. The number of allylic oxidation sites excluding steroid dienone is 1. The lowest BCUT2D eigenvalue weighted by molar-refractivity contribution is 0.104. The molecule has 0 aliphatic carbocycles. The molecule has 90 valence electrons. The van der Waals surface area contributed by atoms with Crippen LogP contribution >= 0.6 is 15.9 Å². The standard InChI is InChI=1S/C15H12BrNO/c1-11-8-9-17-14(10-11)15(18)7-4-12-2-5-13(16)6-3-12/h2-10H,1H3/b7-4+. The lowest BCUT2D eigenvalue weighted by Gasteiger charge is -1.97. The highest BCUT2D eigenvalue weighted by Crippen LogP contribution is 2.12. The molecule has 1 aromatic heterocycles. The number of carbonyl (C=O) groups excluding carboxylic acids is 1. The van der Waals surface area contributed by atoms with Crippen molar-refractivity contribution >= 4 is 27.8 Å². The molecule has 2 aromatic rings. The highest BCUT2D eigenvalue weighted by Gasteiger charge is 2.02. The van der Waals surface area contributed by atoms with Gasteiger partial charge in [0.15, 0.2) is 0 Å². The molecule has 0 amide bonds. The zero-order valence-corrected chi connectivity index (χ0v) is 11.5. The second kappa shape index (κ2) is 5.74. The van der Waals surface area contributed by atoms with Crippen LogP contribution in [0.15, 0.2) is 53.1 Å². The van der Waals surface area contributed by atoms with E-state index in [1.807, 2.05) is 37.3 Å². The minimum atomic E-state index is -0.0818. The summed E-state index contributed by atoms with van der Waals surface area (Å²) in [5.41, 5.74) is 2.49. The number of aromatic nitrogens is 1. The van der Waals surface area contributed by atoms with E-state index in [2.05, 4.69) is 20.9 Å². The second-order valence-electron chi connectivity index (χ2n) is 3.97. The first-order chi connectivity index (χ1) is 8.65. The van der Waals surface area contributed by atoms with Gasteiger partial charge in [0.1, 0.15) is 5.69 Å². The van der Waals surface area contributed by atoms with E-state index in [9.17, 15) is 4.79 Å². The Morgan fingerprint density at radius 1 is 1.22 bits per heavy atom. The molecular weight excluding hydrogens is 290 g/mol. The fourth-order valence-electron chi connectivity index (χ4n) is 1.50. The summed E-state index contributed by atoms with van der Waals surface area (Å²) in [5.74, 6) is -0.0818. The summed E-state index contributed by atoms with van der Waals surface area (Å²) in [6, 6.07) is 11.4. The second-order valence-corrected chi connectivity index (χ2v) is 4.88. The third-order valence-corrected chi connectivity index (χ3v) is 2.99. The van der Waals surface area contributed by atoms with Crippen LogP contribution in [-0.4, -0.2) is 10.8 Å². The lowest BCUT2D eigenvalue weighted by atomic mass is 10.1. The van der Waals surface area contributed by atoms with E-state index in [0.717, 1.165) is 15.6 Å². The smallest absolute Gasteiger partial charge is 0.204 e. The summed E-state index contributed by atoms with van der Waals surface area (Å²) in [4.78, 5) is 15.9. The van der Waals surface area contributed by atoms with Crippen LogP contribution in [0.25, 0.3) is 6.08 Å². The molecule has 0 radical (unpaired) electrons. The van der Waals surface area contributed by atoms with Crippen LogP contribution in [0.3, 0.4) is 0 Å². The number of halogens is 1. The number of hydrogen-bond acceptors (Lipinski definition) is 2. The normalized spacial score (nSPS) is 10.8. The molecule has 0 atom stereocenters. The number of rotatable bonds is 3. The van der Waals surface area contributed by atoms with E-state index in [-0.39, 0.29) is 5.78 Å². The van der Waals surface area contributed by atoms with E-state index >= 15 is 0 Å². The van der Waals surface area contributed by atoms with Crippen molar-refractivity contribution in [3.05, 3.63) is 70.0 Å². The fraction of sp³-hybridized carbons (Fsp3) is 0.0667. The van der Waals surface area contributed by atoms with Gasteiger partial charge in [0.05, 0.1) is 0 Å². The summed E-state index contributed by atoms with van der Waals surface area (Å²) in [5, 5.41) is 0. The molecule has 0 aliphatic heterocycles. The van der Waals surface area contributed by atoms with Crippen molar-refractivity contribution in [3.8, 4) is 0 Å². The Morgan fingerprint density at radius 2 is 1.94 bits per heavy atom. The molecule has 0 saturated heterocycles. The van der Waals surface area contributed by atoms with Gasteiger partial charge in [-0.25, -0.2) is 0 Å². The van der Waals surface area contributed by atoms with Gasteiger partial charge in [-0.1, -0.05) is 34.1 Å². The predicted molar refractivity (Wildman–Crippen MR) is 76.5 cm³/mol. The van der Waals surface area contributed by atoms with E-state index in [4.69, 9.17) is 0 Å². The maximum Gasteiger partial charge on any atom is 0.204 e. The van der Waals surface area contributed by atoms with Crippen LogP contribution in [0.1, 0.15) is 21.6 Å². The Morgan fingerprint density at radius 3 is 2.61 bits per heavy atom. The highest BCUT2D eigenvalue weighted by atomic mass is 79.9. The van der Waals surface area contributed by atoms with Crippen molar-refractivity contribution in [1.29, 1.82) is 0 Å². The maximum absolute atomic E-state index is 11.9. The third-order valence-electron chi connectivity index (χ3n) is 2.47. The number of hydrogen-bond donors (Lipinski definition) is 0. The van der Waals surface area contributed by atoms with Gasteiger partial charge in [0, 0.05) is 10.7 Å². The van der Waals surface area contributed by atoms with Gasteiger partial charge in [-0.15, -0.1) is 0 Å². The molecular formula is C15H12BrNO. The Hall–Kier alpha value is -1.74. The zero-order chi connectivity index (χ0) is 13.0. The molecule has 0 N–H and O–H groups in total. The molecule has 3 heteroatoms. The largest absolute Gasteiger partial charge is 0.288 e. The van der Waals surface area contributed by atoms with E-state index < -0.39 is 0 Å². The highest BCUT2D eigenvalue weighted by molar-refractivity contribution is 9.10. The number of pyridine rings is 1. The third kappa shape index (κ3) is 3.37. The SMILES string of the molecule is Cc1ccnc(C(=O)/C=C/c2ccc(Br)cc2)c1. The maximum atomic E-state index is 11.9. The minimum Gasteiger partial charge on any atom is -0.288 e. The summed E-state index contributed by atoms with van der Waals surface area (Å²) in [7, 11) is 0. The number of carbonyl (C=O) groups is 1. The van der Waals surface area contributed by atoms with Crippen LogP contribution in [0.4, 0.5) is 0 Å². The molecule has 0 aliphatic rings. The first kappa shape index (κ1) is 12.7. The van der Waals surface area contributed by atoms with Crippen molar-refractivity contribution in [2.75, 3.05) is 0 Å². The van der Waals surface area contributed by atoms with Crippen molar-refractivity contribution in [1.82, 2.24) is 4.98 Å². The predicted octanol–water partition coefficient (Wildman–Crippen LogP) is 4.05. The van der Waals surface area contributed by atoms with Crippen LogP contribution < -0.4 is 0 Å². The number of nitrogens with zero attached hydrogens (tertiary/aromatic N) is 1. The average molecular weight is 302 g/mol. The average Bonchev–Trinajstić information content (AvgIpc) is 2.38. The zero-order valence-electron chi connectivity index (χ0n) is 9.93. The Balaban J connectivity index is 2.14. The molecule has 0 saturated carbocycles. The minimum absolute atomic E-state index is 0.0818. The molecule has 18 heavy (non-hydrogen) atoms. The van der Waals surface area contributed by atoms with Gasteiger partial charge in [-0.05, 0) is 48.4 Å². The van der Waals surface area contributed by atoms with Crippen molar-refractivity contribution < 1.29 is 4.79 Å². The van der Waals surface area contributed by atoms with Crippen molar-refractivity contribution in [2.24, 2.45) is 0 Å². The van der Waals surface area contributed by atoms with Crippen LogP contribution in [0.2, 0.25) is 0 Å². The monoisotopic (exact) mass is 301 g/mol. The molecule has 0 fully saturated rings. The molecule has 0 unspecified atom stereocenters. The van der Waals surface area contributed by atoms with Crippen molar-refractivity contribution in [3.63, 3.8) is 0 Å². The molecule has 2 nitrogen and oxygen atoms in total. The summed E-state index contributed by atoms with van der Waals surface area (Å²) in [6.07, 6.45) is 4.99. The number of benzene rings is 1. The molecule has 2 rings (SSSR count). The first-order valence-electron chi connectivity index (χ1n) is 5.56. The Bertz CT molecular complexity index is 588. The van der Waals surface area contributed by atoms with Crippen molar-refractivity contribution in [2.45, 2.75) is 6.92 Å². The summed E-state index contributed by atoms with van der Waals surface area (Å²) >= 11 is 3.37. The van der Waals surface area contributed by atoms with Crippen LogP contribution in [-0.2, 0) is 0 Å². The molecule has 1 heterocycles. The lowest BCUT2D eigenvalue weighted by Crippen LogP contribution is -1.98. The Labute approximate surface area is 115 Å². The quantitative estimate of drug-likeness (QED) is 0.632. The van der Waals surface area contributed by atoms with Gasteiger partial charge < -0.3 is 0 Å². The summed E-state index contributed by atoms with van der Waals surface area (Å²) < 4.78 is 1.02. The van der Waals surface area contributed by atoms with Gasteiger partial charge in [-0.3, -0.25) is 9.78 Å². The van der Waals surface area contributed by atoms with Gasteiger partial charge in [-0.2, -0.15) is 0 Å². The number of ketones is 1. The molecule has 0 bridgehead atoms. The van der Waals surface area contributed by atoms with E-state index in [0.29, 0.717) is 5.69 Å². The van der Waals surface area contributed by atoms with E-state index in [1.165, 1.54) is 0 Å². The van der Waals surface area contributed by atoms with Gasteiger partial charge in [0.25, 0.3) is 0 Å². The van der Waals surface area contributed by atoms with Gasteiger partial charge >= 0.3 is 0 Å². The number of aryl methyl sites for hydroxylation is 1. The van der Waals surface area contributed by atoms with Crippen LogP contribution in [0.5, 0.6) is 0 Å². The molecule has 0 spiro atoms. The van der Waals surface area contributed by atoms with E-state index in [1.54, 1.807) is 24.4 Å². The van der Waals surface area contributed by atoms with Gasteiger partial charge in [0.2, 0.25) is 5.78 Å². The first-order valence-corrected chi connectivity index (χ1v) is 6.35. The van der Waals surface area contributed by atoms with Crippen LogP contribution in [0, 0.1) is 6.92 Å². The summed E-state index contributed by atoms with van der Waals surface area (Å²) in [6.45, 7) is 1.94. The Kier molecular flexibility index (Phi) is 4.05. The topological polar surface area (TPSA) is 30.0 Å².